The van der Waals surface area contributed by atoms with Gasteiger partial charge in [0, 0.05) is 19.3 Å². The van der Waals surface area contributed by atoms with Crippen molar-refractivity contribution < 1.29 is 14.3 Å². The molecule has 0 aromatic carbocycles. The Balaban J connectivity index is 1.89. The molecular weight excluding hydrogens is 270 g/mol. The predicted molar refractivity (Wildman–Crippen MR) is 69.3 cm³/mol. The van der Waals surface area contributed by atoms with Crippen molar-refractivity contribution in [3.8, 4) is 0 Å². The molecule has 0 aliphatic carbocycles. The van der Waals surface area contributed by atoms with Crippen LogP contribution in [0.1, 0.15) is 37.2 Å². The lowest BCUT2D eigenvalue weighted by molar-refractivity contribution is -0.000407. The smallest absolute Gasteiger partial charge is 0.410 e. The highest BCUT2D eigenvalue weighted by molar-refractivity contribution is 6.67. The summed E-state index contributed by atoms with van der Waals surface area (Å²) in [4.78, 5) is 24.3. The molecule has 0 saturated carbocycles. The molecular formula is C12H16ClN3O3. The Hall–Kier alpha value is -1.56. The van der Waals surface area contributed by atoms with Crippen molar-refractivity contribution in [3.05, 3.63) is 18.0 Å². The van der Waals surface area contributed by atoms with Gasteiger partial charge < -0.3 is 9.64 Å². The van der Waals surface area contributed by atoms with Crippen LogP contribution in [0.3, 0.4) is 0 Å². The Morgan fingerprint density at radius 3 is 2.53 bits per heavy atom. The predicted octanol–water partition coefficient (Wildman–Crippen LogP) is 2.05. The Labute approximate surface area is 116 Å². The molecule has 1 fully saturated rings. The summed E-state index contributed by atoms with van der Waals surface area (Å²) >= 11 is 5.36. The van der Waals surface area contributed by atoms with E-state index in [1.165, 1.54) is 6.20 Å². The SMILES string of the molecule is CC(C)(C)OC(=O)N1CC(n2cc(C(=O)Cl)cn2)C1. The summed E-state index contributed by atoms with van der Waals surface area (Å²) in [5, 5.41) is 3.53. The Bertz CT molecular complexity index is 501. The van der Waals surface area contributed by atoms with E-state index in [1.54, 1.807) is 15.8 Å². The number of amides is 1. The lowest BCUT2D eigenvalue weighted by Crippen LogP contribution is -2.52. The fourth-order valence-electron chi connectivity index (χ4n) is 1.74. The summed E-state index contributed by atoms with van der Waals surface area (Å²) in [5.41, 5.74) is -0.135. The molecule has 2 heterocycles. The van der Waals surface area contributed by atoms with Gasteiger partial charge in [-0.1, -0.05) is 0 Å². The fraction of sp³-hybridized carbons (Fsp3) is 0.583. The van der Waals surface area contributed by atoms with Crippen LogP contribution < -0.4 is 0 Å². The summed E-state index contributed by atoms with van der Waals surface area (Å²) in [6, 6.07) is 0.0669. The largest absolute Gasteiger partial charge is 0.444 e. The first-order valence-corrected chi connectivity index (χ1v) is 6.36. The quantitative estimate of drug-likeness (QED) is 0.780. The maximum absolute atomic E-state index is 11.7. The van der Waals surface area contributed by atoms with E-state index in [0.717, 1.165) is 0 Å². The van der Waals surface area contributed by atoms with E-state index >= 15 is 0 Å². The van der Waals surface area contributed by atoms with E-state index in [9.17, 15) is 9.59 Å². The van der Waals surface area contributed by atoms with Crippen LogP contribution >= 0.6 is 11.6 Å². The number of nitrogens with zero attached hydrogens (tertiary/aromatic N) is 3. The van der Waals surface area contributed by atoms with Crippen LogP contribution in [0.4, 0.5) is 4.79 Å². The van der Waals surface area contributed by atoms with Crippen molar-refractivity contribution in [2.45, 2.75) is 32.4 Å². The third kappa shape index (κ3) is 3.26. The summed E-state index contributed by atoms with van der Waals surface area (Å²) in [7, 11) is 0. The van der Waals surface area contributed by atoms with Gasteiger partial charge in [-0.25, -0.2) is 4.79 Å². The molecule has 2 rings (SSSR count). The highest BCUT2D eigenvalue weighted by Gasteiger charge is 2.35. The average molecular weight is 286 g/mol. The van der Waals surface area contributed by atoms with Crippen molar-refractivity contribution >= 4 is 22.9 Å². The molecule has 0 atom stereocenters. The van der Waals surface area contributed by atoms with Gasteiger partial charge in [-0.05, 0) is 32.4 Å². The standard InChI is InChI=1S/C12H16ClN3O3/c1-12(2,3)19-11(18)15-6-9(7-15)16-5-8(4-14-16)10(13)17/h4-5,9H,6-7H2,1-3H3. The minimum atomic E-state index is -0.533. The zero-order valence-corrected chi connectivity index (χ0v) is 11.8. The molecule has 104 valence electrons. The van der Waals surface area contributed by atoms with E-state index in [2.05, 4.69) is 5.10 Å². The number of ether oxygens (including phenoxy) is 1. The zero-order valence-electron chi connectivity index (χ0n) is 11.1. The maximum Gasteiger partial charge on any atom is 0.410 e. The number of hydrogen-bond acceptors (Lipinski definition) is 4. The molecule has 0 radical (unpaired) electrons. The van der Waals surface area contributed by atoms with Gasteiger partial charge in [-0.3, -0.25) is 9.48 Å². The average Bonchev–Trinajstić information content (AvgIpc) is 2.61. The molecule has 1 saturated heterocycles. The van der Waals surface area contributed by atoms with Crippen molar-refractivity contribution in [2.75, 3.05) is 13.1 Å². The number of hydrogen-bond donors (Lipinski definition) is 0. The van der Waals surface area contributed by atoms with E-state index in [-0.39, 0.29) is 12.1 Å². The van der Waals surface area contributed by atoms with Crippen LogP contribution in [0.25, 0.3) is 0 Å². The fourth-order valence-corrected chi connectivity index (χ4v) is 1.83. The first-order chi connectivity index (χ1) is 8.76. The number of aromatic nitrogens is 2. The lowest BCUT2D eigenvalue weighted by Gasteiger charge is -2.39. The van der Waals surface area contributed by atoms with Gasteiger partial charge in [-0.15, -0.1) is 0 Å². The molecule has 0 spiro atoms. The van der Waals surface area contributed by atoms with Crippen LogP contribution in [0.15, 0.2) is 12.4 Å². The van der Waals surface area contributed by atoms with Crippen molar-refractivity contribution in [3.63, 3.8) is 0 Å². The number of halogens is 1. The summed E-state index contributed by atoms with van der Waals surface area (Å²) < 4.78 is 6.90. The van der Waals surface area contributed by atoms with Gasteiger partial charge in [-0.2, -0.15) is 5.10 Å². The van der Waals surface area contributed by atoms with E-state index in [0.29, 0.717) is 18.7 Å². The van der Waals surface area contributed by atoms with E-state index in [4.69, 9.17) is 16.3 Å². The van der Waals surface area contributed by atoms with E-state index in [1.807, 2.05) is 20.8 Å². The highest BCUT2D eigenvalue weighted by Crippen LogP contribution is 2.23. The molecule has 1 aliphatic rings. The molecule has 1 aromatic rings. The second-order valence-electron chi connectivity index (χ2n) is 5.52. The minimum absolute atomic E-state index is 0.0669. The second-order valence-corrected chi connectivity index (χ2v) is 5.87. The Morgan fingerprint density at radius 2 is 2.05 bits per heavy atom. The first-order valence-electron chi connectivity index (χ1n) is 5.98. The Morgan fingerprint density at radius 1 is 1.42 bits per heavy atom. The van der Waals surface area contributed by atoms with Crippen LogP contribution in [-0.4, -0.2) is 44.7 Å². The first kappa shape index (κ1) is 13.9. The molecule has 1 aromatic heterocycles. The van der Waals surface area contributed by atoms with Crippen molar-refractivity contribution in [2.24, 2.45) is 0 Å². The molecule has 6 nitrogen and oxygen atoms in total. The molecule has 0 unspecified atom stereocenters. The van der Waals surface area contributed by atoms with Gasteiger partial charge >= 0.3 is 6.09 Å². The molecule has 0 N–H and O–H groups in total. The molecule has 7 heteroatoms. The van der Waals surface area contributed by atoms with Crippen molar-refractivity contribution in [1.29, 1.82) is 0 Å². The van der Waals surface area contributed by atoms with Gasteiger partial charge in [0.05, 0.1) is 17.8 Å². The van der Waals surface area contributed by atoms with E-state index < -0.39 is 10.8 Å². The lowest BCUT2D eigenvalue weighted by atomic mass is 10.1. The third-order valence-electron chi connectivity index (χ3n) is 2.72. The van der Waals surface area contributed by atoms with Gasteiger partial charge in [0.1, 0.15) is 5.60 Å². The second kappa shape index (κ2) is 4.85. The molecule has 1 aliphatic heterocycles. The van der Waals surface area contributed by atoms with Crippen molar-refractivity contribution in [1.82, 2.24) is 14.7 Å². The van der Waals surface area contributed by atoms with Gasteiger partial charge in [0.25, 0.3) is 5.24 Å². The maximum atomic E-state index is 11.7. The molecule has 1 amide bonds. The number of rotatable bonds is 2. The van der Waals surface area contributed by atoms with Crippen LogP contribution in [0.2, 0.25) is 0 Å². The third-order valence-corrected chi connectivity index (χ3v) is 2.93. The van der Waals surface area contributed by atoms with Gasteiger partial charge in [0.15, 0.2) is 0 Å². The Kier molecular flexibility index (Phi) is 3.54. The summed E-state index contributed by atoms with van der Waals surface area (Å²) in [5.74, 6) is 0. The van der Waals surface area contributed by atoms with Crippen LogP contribution in [0.5, 0.6) is 0 Å². The van der Waals surface area contributed by atoms with Gasteiger partial charge in [0.2, 0.25) is 0 Å². The molecule has 0 bridgehead atoms. The number of carbonyl (C=O) groups is 2. The highest BCUT2D eigenvalue weighted by atomic mass is 35.5. The normalized spacial score (nSPS) is 16.1. The minimum Gasteiger partial charge on any atom is -0.444 e. The van der Waals surface area contributed by atoms with Crippen LogP contribution in [-0.2, 0) is 4.74 Å². The molecule has 19 heavy (non-hydrogen) atoms. The number of likely N-dealkylation sites (tertiary alicyclic amines) is 1. The summed E-state index contributed by atoms with van der Waals surface area (Å²) in [6.45, 7) is 6.52. The monoisotopic (exact) mass is 285 g/mol. The van der Waals surface area contributed by atoms with Crippen LogP contribution in [0, 0.1) is 0 Å². The zero-order chi connectivity index (χ0) is 14.2. The topological polar surface area (TPSA) is 64.4 Å². The summed E-state index contributed by atoms with van der Waals surface area (Å²) in [6.07, 6.45) is 2.68. The number of carbonyl (C=O) groups excluding carboxylic acids is 2.